The summed E-state index contributed by atoms with van der Waals surface area (Å²) in [6, 6.07) is 4.24. The summed E-state index contributed by atoms with van der Waals surface area (Å²) in [5, 5.41) is 20.2. The molecule has 0 bridgehead atoms. The lowest BCUT2D eigenvalue weighted by Gasteiger charge is -2.31. The first-order valence-corrected chi connectivity index (χ1v) is 12.8. The maximum Gasteiger partial charge on any atom is 0.326 e. The molecule has 6 N–H and O–H groups in total. The predicted molar refractivity (Wildman–Crippen MR) is 135 cm³/mol. The van der Waals surface area contributed by atoms with Crippen LogP contribution >= 0.6 is 11.3 Å². The highest BCUT2D eigenvalue weighted by atomic mass is 32.1. The maximum absolute atomic E-state index is 12.9. The number of carboxylic acids is 1. The number of carbonyl (C=O) groups excluding carboxylic acids is 3. The van der Waals surface area contributed by atoms with Gasteiger partial charge in [-0.05, 0) is 56.0 Å². The van der Waals surface area contributed by atoms with Crippen LogP contribution in [0.1, 0.15) is 64.9 Å². The molecule has 3 heterocycles. The number of likely N-dealkylation sites (tertiary alicyclic amines) is 1. The van der Waals surface area contributed by atoms with Gasteiger partial charge in [-0.25, -0.2) is 9.78 Å². The molecule has 1 aromatic carbocycles. The van der Waals surface area contributed by atoms with Crippen molar-refractivity contribution >= 4 is 45.8 Å². The number of amides is 3. The Bertz CT molecular complexity index is 1160. The minimum absolute atomic E-state index is 0.0327. The predicted octanol–water partition coefficient (Wildman–Crippen LogP) is 1.84. The van der Waals surface area contributed by atoms with Crippen molar-refractivity contribution in [3.8, 4) is 0 Å². The Balaban J connectivity index is 1.38. The first-order valence-electron chi connectivity index (χ1n) is 11.9. The molecule has 0 spiro atoms. The smallest absolute Gasteiger partial charge is 0.326 e. The van der Waals surface area contributed by atoms with E-state index in [1.54, 1.807) is 28.5 Å². The quantitative estimate of drug-likeness (QED) is 0.356. The van der Waals surface area contributed by atoms with Crippen LogP contribution in [-0.2, 0) is 9.59 Å². The summed E-state index contributed by atoms with van der Waals surface area (Å²) in [6.07, 6.45) is 2.63. The third-order valence-corrected chi connectivity index (χ3v) is 7.40. The maximum atomic E-state index is 12.9. The van der Waals surface area contributed by atoms with Gasteiger partial charge in [-0.2, -0.15) is 0 Å². The number of nitrogens with one attached hydrogen (secondary N) is 3. The van der Waals surface area contributed by atoms with Crippen LogP contribution in [0, 0.1) is 0 Å². The van der Waals surface area contributed by atoms with E-state index in [0.29, 0.717) is 61.7 Å². The Morgan fingerprint density at radius 3 is 2.64 bits per heavy atom. The highest BCUT2D eigenvalue weighted by Crippen LogP contribution is 2.39. The SMILES string of the molecule is CC(=O)N1CCC(NC(=O)c2csc(NC(=O)c3ccc4c(c3)C(CCCN)C(C(=O)O)N4)n2)CC1. The number of rotatable bonds is 8. The average molecular weight is 515 g/mol. The number of hydrogen-bond donors (Lipinski definition) is 5. The number of nitrogens with two attached hydrogens (primary N) is 1. The molecule has 2 aliphatic rings. The van der Waals surface area contributed by atoms with Gasteiger partial charge in [0.15, 0.2) is 5.13 Å². The number of anilines is 2. The molecule has 1 fully saturated rings. The van der Waals surface area contributed by atoms with Crippen molar-refractivity contribution in [3.63, 3.8) is 0 Å². The highest BCUT2D eigenvalue weighted by molar-refractivity contribution is 7.14. The first kappa shape index (κ1) is 25.6. The number of carboxylic acid groups (broad SMARTS) is 1. The van der Waals surface area contributed by atoms with E-state index in [0.717, 1.165) is 16.9 Å². The van der Waals surface area contributed by atoms with Gasteiger partial charge in [0.05, 0.1) is 0 Å². The van der Waals surface area contributed by atoms with Crippen molar-refractivity contribution in [2.45, 2.75) is 50.6 Å². The van der Waals surface area contributed by atoms with Gasteiger partial charge in [0.25, 0.3) is 11.8 Å². The van der Waals surface area contributed by atoms with Crippen molar-refractivity contribution in [1.29, 1.82) is 0 Å². The third kappa shape index (κ3) is 5.65. The number of piperidine rings is 1. The van der Waals surface area contributed by atoms with Gasteiger partial charge in [-0.15, -0.1) is 11.3 Å². The summed E-state index contributed by atoms with van der Waals surface area (Å²) in [7, 11) is 0. The fourth-order valence-electron chi connectivity index (χ4n) is 4.69. The minimum Gasteiger partial charge on any atom is -0.480 e. The highest BCUT2D eigenvalue weighted by Gasteiger charge is 2.37. The third-order valence-electron chi connectivity index (χ3n) is 6.64. The minimum atomic E-state index is -0.947. The van der Waals surface area contributed by atoms with Crippen molar-refractivity contribution in [1.82, 2.24) is 15.2 Å². The zero-order chi connectivity index (χ0) is 25.8. The van der Waals surface area contributed by atoms with E-state index in [4.69, 9.17) is 5.73 Å². The molecule has 11 nitrogen and oxygen atoms in total. The van der Waals surface area contributed by atoms with Crippen LogP contribution in [0.3, 0.4) is 0 Å². The van der Waals surface area contributed by atoms with Gasteiger partial charge in [-0.1, -0.05) is 0 Å². The summed E-state index contributed by atoms with van der Waals surface area (Å²) in [5.74, 6) is -1.92. The summed E-state index contributed by atoms with van der Waals surface area (Å²) < 4.78 is 0. The number of nitrogens with zero attached hydrogens (tertiary/aromatic N) is 2. The molecule has 4 rings (SSSR count). The molecule has 2 aromatic rings. The Morgan fingerprint density at radius 1 is 1.22 bits per heavy atom. The zero-order valence-corrected chi connectivity index (χ0v) is 20.8. The van der Waals surface area contributed by atoms with Crippen LogP contribution in [-0.4, -0.2) is 70.4 Å². The number of thiazole rings is 1. The van der Waals surface area contributed by atoms with Gasteiger partial charge < -0.3 is 26.4 Å². The van der Waals surface area contributed by atoms with Gasteiger partial charge in [0, 0.05) is 48.6 Å². The summed E-state index contributed by atoms with van der Waals surface area (Å²) >= 11 is 1.15. The average Bonchev–Trinajstić information content (AvgIpc) is 3.47. The van der Waals surface area contributed by atoms with Gasteiger partial charge in [0.1, 0.15) is 11.7 Å². The topological polar surface area (TPSA) is 167 Å². The second kappa shape index (κ2) is 11.0. The second-order valence-corrected chi connectivity index (χ2v) is 9.90. The molecule has 192 valence electrons. The number of carbonyl (C=O) groups is 4. The molecule has 2 atom stereocenters. The zero-order valence-electron chi connectivity index (χ0n) is 20.0. The molecular formula is C24H30N6O5S. The number of aromatic nitrogens is 1. The van der Waals surface area contributed by atoms with Crippen molar-refractivity contribution < 1.29 is 24.3 Å². The van der Waals surface area contributed by atoms with Crippen LogP contribution in [0.15, 0.2) is 23.6 Å². The molecule has 12 heteroatoms. The summed E-state index contributed by atoms with van der Waals surface area (Å²) in [4.78, 5) is 54.7. The monoisotopic (exact) mass is 514 g/mol. The standard InChI is InChI=1S/C24H30N6O5S/c1-13(31)30-9-6-15(7-10-30)26-22(33)19-12-36-24(28-19)29-21(32)14-4-5-18-17(11-14)16(3-2-8-25)20(27-18)23(34)35/h4-5,11-12,15-16,20,27H,2-3,6-10,25H2,1H3,(H,26,33)(H,34,35)(H,28,29,32). The van der Waals surface area contributed by atoms with Crippen molar-refractivity contribution in [2.24, 2.45) is 5.73 Å². The summed E-state index contributed by atoms with van der Waals surface area (Å²) in [6.45, 7) is 3.21. The Kier molecular flexibility index (Phi) is 7.85. The normalized spacial score (nSPS) is 19.3. The van der Waals surface area contributed by atoms with Crippen LogP contribution in [0.5, 0.6) is 0 Å². The molecule has 2 aliphatic heterocycles. The lowest BCUT2D eigenvalue weighted by atomic mass is 9.89. The Labute approximate surface area is 212 Å². The second-order valence-electron chi connectivity index (χ2n) is 9.05. The van der Waals surface area contributed by atoms with E-state index in [2.05, 4.69) is 20.9 Å². The number of fused-ring (bicyclic) bond motifs is 1. The molecule has 1 saturated heterocycles. The molecule has 0 saturated carbocycles. The fraction of sp³-hybridized carbons (Fsp3) is 0.458. The first-order chi connectivity index (χ1) is 17.3. The van der Waals surface area contributed by atoms with E-state index >= 15 is 0 Å². The molecule has 0 radical (unpaired) electrons. The lowest BCUT2D eigenvalue weighted by molar-refractivity contribution is -0.138. The molecule has 1 aromatic heterocycles. The van der Waals surface area contributed by atoms with Crippen LogP contribution in [0.4, 0.5) is 10.8 Å². The van der Waals surface area contributed by atoms with E-state index < -0.39 is 17.9 Å². The van der Waals surface area contributed by atoms with E-state index in [9.17, 15) is 24.3 Å². The fourth-order valence-corrected chi connectivity index (χ4v) is 5.37. The van der Waals surface area contributed by atoms with E-state index in [1.807, 2.05) is 0 Å². The van der Waals surface area contributed by atoms with Crippen LogP contribution in [0.25, 0.3) is 0 Å². The number of aliphatic carboxylic acids is 1. The van der Waals surface area contributed by atoms with Gasteiger partial charge in [-0.3, -0.25) is 19.7 Å². The van der Waals surface area contributed by atoms with Crippen molar-refractivity contribution in [2.75, 3.05) is 30.3 Å². The van der Waals surface area contributed by atoms with Crippen molar-refractivity contribution in [3.05, 3.63) is 40.4 Å². The van der Waals surface area contributed by atoms with Crippen LogP contribution < -0.4 is 21.7 Å². The number of hydrogen-bond acceptors (Lipinski definition) is 8. The Hall–Kier alpha value is -3.51. The van der Waals surface area contributed by atoms with Gasteiger partial charge >= 0.3 is 5.97 Å². The lowest BCUT2D eigenvalue weighted by Crippen LogP contribution is -2.46. The Morgan fingerprint density at radius 2 is 1.97 bits per heavy atom. The van der Waals surface area contributed by atoms with Crippen LogP contribution in [0.2, 0.25) is 0 Å². The number of benzene rings is 1. The van der Waals surface area contributed by atoms with Gasteiger partial charge in [0.2, 0.25) is 5.91 Å². The largest absolute Gasteiger partial charge is 0.480 e. The molecule has 36 heavy (non-hydrogen) atoms. The molecule has 2 unspecified atom stereocenters. The molecular weight excluding hydrogens is 484 g/mol. The summed E-state index contributed by atoms with van der Waals surface area (Å²) in [5.41, 5.74) is 7.69. The van der Waals surface area contributed by atoms with E-state index in [1.165, 1.54) is 6.92 Å². The van der Waals surface area contributed by atoms with E-state index in [-0.39, 0.29) is 29.5 Å². The molecule has 0 aliphatic carbocycles. The molecule has 3 amide bonds.